The molecule has 0 saturated heterocycles. The number of hydrogen-bond acceptors (Lipinski definition) is 6. The van der Waals surface area contributed by atoms with Gasteiger partial charge in [-0.1, -0.05) is 13.3 Å². The maximum Gasteiger partial charge on any atom is 0.257 e. The summed E-state index contributed by atoms with van der Waals surface area (Å²) < 4.78 is 15.9. The van der Waals surface area contributed by atoms with Crippen LogP contribution in [0.2, 0.25) is 0 Å². The van der Waals surface area contributed by atoms with Crippen molar-refractivity contribution in [1.29, 1.82) is 0 Å². The van der Waals surface area contributed by atoms with Gasteiger partial charge in [0.1, 0.15) is 5.82 Å². The summed E-state index contributed by atoms with van der Waals surface area (Å²) in [7, 11) is 6.56. The average molecular weight is 373 g/mol. The Morgan fingerprint density at radius 1 is 1.11 bits per heavy atom. The number of pyridine rings is 1. The molecule has 1 aromatic heterocycles. The lowest BCUT2D eigenvalue weighted by Crippen LogP contribution is -2.19. The van der Waals surface area contributed by atoms with Crippen molar-refractivity contribution in [3.63, 3.8) is 0 Å². The second-order valence-corrected chi connectivity index (χ2v) is 6.04. The molecule has 0 aliphatic rings. The molecule has 1 heterocycles. The Labute approximate surface area is 160 Å². The number of carbonyl (C=O) groups is 1. The Hall–Kier alpha value is -2.96. The van der Waals surface area contributed by atoms with E-state index in [1.54, 1.807) is 24.4 Å². The number of carbonyl (C=O) groups excluding carboxylic acids is 1. The van der Waals surface area contributed by atoms with Crippen LogP contribution in [-0.4, -0.2) is 45.8 Å². The van der Waals surface area contributed by atoms with Gasteiger partial charge in [0, 0.05) is 19.2 Å². The maximum atomic E-state index is 12.6. The molecule has 0 atom stereocenters. The average Bonchev–Trinajstić information content (AvgIpc) is 2.71. The number of methoxy groups -OCH3 is 3. The first-order valence-corrected chi connectivity index (χ1v) is 8.82. The van der Waals surface area contributed by atoms with Crippen LogP contribution in [0.25, 0.3) is 0 Å². The molecule has 0 spiro atoms. The monoisotopic (exact) mass is 373 g/mol. The van der Waals surface area contributed by atoms with Gasteiger partial charge in [-0.2, -0.15) is 0 Å². The van der Waals surface area contributed by atoms with E-state index < -0.39 is 0 Å². The Balaban J connectivity index is 2.15. The predicted molar refractivity (Wildman–Crippen MR) is 106 cm³/mol. The topological polar surface area (TPSA) is 72.9 Å². The molecule has 27 heavy (non-hydrogen) atoms. The van der Waals surface area contributed by atoms with Crippen LogP contribution < -0.4 is 24.4 Å². The van der Waals surface area contributed by atoms with Gasteiger partial charge in [0.25, 0.3) is 5.91 Å². The minimum Gasteiger partial charge on any atom is -0.493 e. The molecule has 0 radical (unpaired) electrons. The van der Waals surface area contributed by atoms with E-state index in [1.165, 1.54) is 21.3 Å². The van der Waals surface area contributed by atoms with Crippen LogP contribution in [0.15, 0.2) is 30.5 Å². The maximum absolute atomic E-state index is 12.6. The highest BCUT2D eigenvalue weighted by molar-refractivity contribution is 6.04. The third kappa shape index (κ3) is 5.03. The van der Waals surface area contributed by atoms with Crippen LogP contribution in [0.1, 0.15) is 30.1 Å². The van der Waals surface area contributed by atoms with Crippen LogP contribution in [0.5, 0.6) is 17.2 Å². The molecule has 1 aromatic carbocycles. The van der Waals surface area contributed by atoms with Gasteiger partial charge in [-0.05, 0) is 30.7 Å². The quantitative estimate of drug-likeness (QED) is 0.724. The van der Waals surface area contributed by atoms with Crippen LogP contribution in [0, 0.1) is 0 Å². The number of amides is 1. The molecule has 0 fully saturated rings. The number of aromatic nitrogens is 1. The van der Waals surface area contributed by atoms with Gasteiger partial charge in [0.2, 0.25) is 5.75 Å². The molecule has 7 nitrogen and oxygen atoms in total. The van der Waals surface area contributed by atoms with Gasteiger partial charge in [0.05, 0.1) is 33.2 Å². The standard InChI is InChI=1S/C20H27N3O4/c1-6-7-10-23(2)15-8-9-18(21-13-15)22-20(24)14-11-16(25-3)19(27-5)17(12-14)26-4/h8-9,11-13H,6-7,10H2,1-5H3,(H,21,22,24). The minimum atomic E-state index is -0.311. The number of rotatable bonds is 9. The Morgan fingerprint density at radius 2 is 1.78 bits per heavy atom. The zero-order chi connectivity index (χ0) is 19.8. The van der Waals surface area contributed by atoms with E-state index in [1.807, 2.05) is 13.1 Å². The molecule has 0 saturated carbocycles. The van der Waals surface area contributed by atoms with Crippen molar-refractivity contribution in [3.05, 3.63) is 36.0 Å². The smallest absolute Gasteiger partial charge is 0.257 e. The largest absolute Gasteiger partial charge is 0.493 e. The van der Waals surface area contributed by atoms with E-state index in [0.717, 1.165) is 25.1 Å². The molecule has 146 valence electrons. The van der Waals surface area contributed by atoms with E-state index >= 15 is 0 Å². The second-order valence-electron chi connectivity index (χ2n) is 6.04. The summed E-state index contributed by atoms with van der Waals surface area (Å²) in [6, 6.07) is 6.92. The van der Waals surface area contributed by atoms with Gasteiger partial charge in [-0.15, -0.1) is 0 Å². The lowest BCUT2D eigenvalue weighted by atomic mass is 10.1. The van der Waals surface area contributed by atoms with Gasteiger partial charge >= 0.3 is 0 Å². The van der Waals surface area contributed by atoms with Gasteiger partial charge in [-0.3, -0.25) is 4.79 Å². The summed E-state index contributed by atoms with van der Waals surface area (Å²) in [5, 5.41) is 2.79. The summed E-state index contributed by atoms with van der Waals surface area (Å²) in [5.41, 5.74) is 1.39. The molecule has 2 rings (SSSR count). The van der Waals surface area contributed by atoms with Crippen molar-refractivity contribution in [2.75, 3.05) is 45.1 Å². The van der Waals surface area contributed by atoms with Crippen LogP contribution >= 0.6 is 0 Å². The second kappa shape index (κ2) is 9.66. The molecule has 2 aromatic rings. The summed E-state index contributed by atoms with van der Waals surface area (Å²) in [5.74, 6) is 1.44. The first kappa shape index (κ1) is 20.4. The fourth-order valence-corrected chi connectivity index (χ4v) is 2.61. The highest BCUT2D eigenvalue weighted by Gasteiger charge is 2.17. The van der Waals surface area contributed by atoms with E-state index in [-0.39, 0.29) is 5.91 Å². The first-order chi connectivity index (χ1) is 13.0. The van der Waals surface area contributed by atoms with Crippen LogP contribution in [-0.2, 0) is 0 Å². The van der Waals surface area contributed by atoms with Crippen LogP contribution in [0.4, 0.5) is 11.5 Å². The number of ether oxygens (including phenoxy) is 3. The summed E-state index contributed by atoms with van der Waals surface area (Å²) >= 11 is 0. The molecule has 0 aliphatic carbocycles. The highest BCUT2D eigenvalue weighted by atomic mass is 16.5. The molecule has 0 bridgehead atoms. The van der Waals surface area contributed by atoms with Crippen molar-refractivity contribution in [2.24, 2.45) is 0 Å². The number of benzene rings is 1. The molecule has 1 N–H and O–H groups in total. The van der Waals surface area contributed by atoms with E-state index in [4.69, 9.17) is 14.2 Å². The van der Waals surface area contributed by atoms with Crippen molar-refractivity contribution in [2.45, 2.75) is 19.8 Å². The Kier molecular flexibility index (Phi) is 7.28. The molecular formula is C20H27N3O4. The summed E-state index contributed by atoms with van der Waals surface area (Å²) in [4.78, 5) is 19.1. The zero-order valence-corrected chi connectivity index (χ0v) is 16.5. The summed E-state index contributed by atoms with van der Waals surface area (Å²) in [6.07, 6.45) is 4.01. The van der Waals surface area contributed by atoms with Crippen molar-refractivity contribution in [3.8, 4) is 17.2 Å². The third-order valence-electron chi connectivity index (χ3n) is 4.20. The van der Waals surface area contributed by atoms with E-state index in [9.17, 15) is 4.79 Å². The minimum absolute atomic E-state index is 0.311. The Morgan fingerprint density at radius 3 is 2.26 bits per heavy atom. The highest BCUT2D eigenvalue weighted by Crippen LogP contribution is 2.38. The number of unbranched alkanes of at least 4 members (excludes halogenated alkanes) is 1. The van der Waals surface area contributed by atoms with E-state index in [2.05, 4.69) is 22.1 Å². The molecule has 7 heteroatoms. The van der Waals surface area contributed by atoms with Crippen LogP contribution in [0.3, 0.4) is 0 Å². The predicted octanol–water partition coefficient (Wildman–Crippen LogP) is 3.60. The molecular weight excluding hydrogens is 346 g/mol. The third-order valence-corrected chi connectivity index (χ3v) is 4.20. The normalized spacial score (nSPS) is 10.3. The van der Waals surface area contributed by atoms with Crippen molar-refractivity contribution < 1.29 is 19.0 Å². The Bertz CT molecular complexity index is 737. The lowest BCUT2D eigenvalue weighted by molar-refractivity contribution is 0.102. The zero-order valence-electron chi connectivity index (χ0n) is 16.5. The number of hydrogen-bond donors (Lipinski definition) is 1. The number of nitrogens with one attached hydrogen (secondary N) is 1. The SMILES string of the molecule is CCCCN(C)c1ccc(NC(=O)c2cc(OC)c(OC)c(OC)c2)nc1. The van der Waals surface area contributed by atoms with Gasteiger partial charge in [0.15, 0.2) is 11.5 Å². The molecule has 0 aliphatic heterocycles. The molecule has 1 amide bonds. The van der Waals surface area contributed by atoms with Crippen molar-refractivity contribution >= 4 is 17.4 Å². The fourth-order valence-electron chi connectivity index (χ4n) is 2.61. The van der Waals surface area contributed by atoms with Gasteiger partial charge in [-0.25, -0.2) is 4.98 Å². The number of nitrogens with zero attached hydrogens (tertiary/aromatic N) is 2. The fraction of sp³-hybridized carbons (Fsp3) is 0.400. The number of anilines is 2. The summed E-state index contributed by atoms with van der Waals surface area (Å²) in [6.45, 7) is 3.13. The molecule has 0 unspecified atom stereocenters. The van der Waals surface area contributed by atoms with Crippen molar-refractivity contribution in [1.82, 2.24) is 4.98 Å². The van der Waals surface area contributed by atoms with E-state index in [0.29, 0.717) is 28.6 Å². The lowest BCUT2D eigenvalue weighted by Gasteiger charge is -2.18. The first-order valence-electron chi connectivity index (χ1n) is 8.82. The van der Waals surface area contributed by atoms with Gasteiger partial charge < -0.3 is 24.4 Å².